The van der Waals surface area contributed by atoms with Crippen LogP contribution in [0.2, 0.25) is 0 Å². The molecule has 0 radical (unpaired) electrons. The predicted molar refractivity (Wildman–Crippen MR) is 71.6 cm³/mol. The Hall–Kier alpha value is -2.41. The second-order valence-corrected chi connectivity index (χ2v) is 6.06. The van der Waals surface area contributed by atoms with E-state index in [2.05, 4.69) is 0 Å². The molecule has 2 aromatic carbocycles. The van der Waals surface area contributed by atoms with Crippen molar-refractivity contribution in [3.63, 3.8) is 0 Å². The molecule has 0 aliphatic rings. The Morgan fingerprint density at radius 3 is 2.35 bits per heavy atom. The summed E-state index contributed by atoms with van der Waals surface area (Å²) in [7, 11) is -4.28. The van der Waals surface area contributed by atoms with Crippen LogP contribution in [0, 0.1) is 0 Å². The molecule has 104 valence electrons. The number of hydrogen-bond acceptors (Lipinski definition) is 4. The van der Waals surface area contributed by atoms with Gasteiger partial charge < -0.3 is 10.2 Å². The van der Waals surface area contributed by atoms with Crippen LogP contribution < -0.4 is 0 Å². The van der Waals surface area contributed by atoms with Crippen molar-refractivity contribution >= 4 is 31.9 Å². The topological polar surface area (TPSA) is 109 Å². The van der Waals surface area contributed by atoms with Gasteiger partial charge >= 0.3 is 11.3 Å². The number of benzene rings is 2. The average molecular weight is 294 g/mol. The smallest absolute Gasteiger partial charge is 0.422 e. The fourth-order valence-electron chi connectivity index (χ4n) is 1.88. The van der Waals surface area contributed by atoms with Crippen LogP contribution in [0.5, 0.6) is 0 Å². The number of aromatic carboxylic acids is 1. The van der Waals surface area contributed by atoms with Gasteiger partial charge in [0.1, 0.15) is 0 Å². The summed E-state index contributed by atoms with van der Waals surface area (Å²) in [5.74, 6) is -1.81. The summed E-state index contributed by atoms with van der Waals surface area (Å²) in [5, 5.41) is 16.8. The van der Waals surface area contributed by atoms with Crippen LogP contribution in [-0.4, -0.2) is 29.9 Å². The molecule has 2 aromatic rings. The summed E-state index contributed by atoms with van der Waals surface area (Å²) >= 11 is 0. The first-order valence-corrected chi connectivity index (χ1v) is 7.17. The van der Waals surface area contributed by atoms with Crippen LogP contribution in [-0.2, 0) is 15.6 Å². The lowest BCUT2D eigenvalue weighted by molar-refractivity contribution is 0.0699. The minimum Gasteiger partial charge on any atom is -0.478 e. The molecule has 0 aliphatic heterocycles. The van der Waals surface area contributed by atoms with E-state index in [9.17, 15) is 18.0 Å². The van der Waals surface area contributed by atoms with Gasteiger partial charge in [0.25, 0.3) is 9.84 Å². The third-order valence-electron chi connectivity index (χ3n) is 2.80. The van der Waals surface area contributed by atoms with Gasteiger partial charge in [-0.05, 0) is 28.5 Å². The second kappa shape index (κ2) is 4.93. The highest BCUT2D eigenvalue weighted by molar-refractivity contribution is 8.04. The van der Waals surface area contributed by atoms with Gasteiger partial charge in [0, 0.05) is 0 Å². The lowest BCUT2D eigenvalue weighted by Crippen LogP contribution is -2.14. The summed E-state index contributed by atoms with van der Waals surface area (Å²) in [4.78, 5) is 21.7. The van der Waals surface area contributed by atoms with Crippen LogP contribution in [0.3, 0.4) is 0 Å². The molecule has 0 heterocycles. The Morgan fingerprint density at radius 1 is 1.05 bits per heavy atom. The number of sulfone groups is 1. The molecule has 0 atom stereocenters. The molecule has 7 heteroatoms. The monoisotopic (exact) mass is 294 g/mol. The number of carboxylic acid groups (broad SMARTS) is 2. The minimum absolute atomic E-state index is 0.0390. The zero-order valence-electron chi connectivity index (χ0n) is 10.1. The molecule has 2 rings (SSSR count). The van der Waals surface area contributed by atoms with Crippen molar-refractivity contribution < 1.29 is 28.2 Å². The van der Waals surface area contributed by atoms with Gasteiger partial charge in [0.2, 0.25) is 0 Å². The minimum atomic E-state index is -4.28. The largest absolute Gasteiger partial charge is 0.478 e. The van der Waals surface area contributed by atoms with Crippen LogP contribution in [0.1, 0.15) is 15.9 Å². The highest BCUT2D eigenvalue weighted by Crippen LogP contribution is 2.22. The van der Waals surface area contributed by atoms with E-state index >= 15 is 0 Å². The highest BCUT2D eigenvalue weighted by atomic mass is 32.2. The van der Waals surface area contributed by atoms with E-state index in [0.717, 1.165) is 0 Å². The van der Waals surface area contributed by atoms with E-state index in [1.54, 1.807) is 18.2 Å². The molecule has 2 N–H and O–H groups in total. The molecule has 0 bridgehead atoms. The number of fused-ring (bicyclic) bond motifs is 1. The van der Waals surface area contributed by atoms with E-state index in [1.165, 1.54) is 18.2 Å². The molecule has 0 saturated carbocycles. The average Bonchev–Trinajstić information content (AvgIpc) is 2.37. The summed E-state index contributed by atoms with van der Waals surface area (Å²) in [5.41, 5.74) is 0.269. The first-order valence-electron chi connectivity index (χ1n) is 5.52. The number of rotatable bonds is 3. The third-order valence-corrected chi connectivity index (χ3v) is 4.05. The van der Waals surface area contributed by atoms with Crippen molar-refractivity contribution in [2.75, 3.05) is 0 Å². The summed E-state index contributed by atoms with van der Waals surface area (Å²) in [6.07, 6.45) is 0. The van der Waals surface area contributed by atoms with Gasteiger partial charge in [0.15, 0.2) is 0 Å². The third kappa shape index (κ3) is 2.62. The summed E-state index contributed by atoms with van der Waals surface area (Å²) in [6, 6.07) is 9.10. The Bertz CT molecular complexity index is 807. The highest BCUT2D eigenvalue weighted by Gasteiger charge is 2.21. The Labute approximate surface area is 114 Å². The van der Waals surface area contributed by atoms with Crippen molar-refractivity contribution in [1.82, 2.24) is 0 Å². The predicted octanol–water partition coefficient (Wildman–Crippen LogP) is 2.13. The number of carbonyl (C=O) groups is 2. The molecule has 0 fully saturated rings. The maximum absolute atomic E-state index is 11.3. The van der Waals surface area contributed by atoms with E-state index in [0.29, 0.717) is 10.8 Å². The van der Waals surface area contributed by atoms with E-state index in [-0.39, 0.29) is 11.1 Å². The van der Waals surface area contributed by atoms with E-state index in [4.69, 9.17) is 10.2 Å². The van der Waals surface area contributed by atoms with Crippen LogP contribution >= 0.6 is 0 Å². The normalized spacial score (nSPS) is 11.4. The molecule has 0 spiro atoms. The molecule has 0 aromatic heterocycles. The Morgan fingerprint density at radius 2 is 1.75 bits per heavy atom. The van der Waals surface area contributed by atoms with Crippen molar-refractivity contribution in [2.24, 2.45) is 0 Å². The van der Waals surface area contributed by atoms with Crippen LogP contribution in [0.25, 0.3) is 10.8 Å². The number of carboxylic acids is 1. The molecule has 6 nitrogen and oxygen atoms in total. The standard InChI is InChI=1S/C13H10O6S/c14-12(15)10-3-1-2-9-5-4-8(6-11(9)10)7-20(18,19)13(16)17/h1-6H,7H2,(H,14,15)(H,16,17). The van der Waals surface area contributed by atoms with Crippen LogP contribution in [0.15, 0.2) is 36.4 Å². The van der Waals surface area contributed by atoms with Crippen molar-refractivity contribution in [3.8, 4) is 0 Å². The maximum Gasteiger partial charge on any atom is 0.422 e. The molecule has 20 heavy (non-hydrogen) atoms. The molecule has 0 aliphatic carbocycles. The molecule has 0 saturated heterocycles. The Balaban J connectivity index is 2.56. The first kappa shape index (κ1) is 14.0. The summed E-state index contributed by atoms with van der Waals surface area (Å²) in [6.45, 7) is 0. The van der Waals surface area contributed by atoms with E-state index in [1.807, 2.05) is 0 Å². The first-order chi connectivity index (χ1) is 9.31. The zero-order chi connectivity index (χ0) is 14.9. The zero-order valence-corrected chi connectivity index (χ0v) is 10.9. The van der Waals surface area contributed by atoms with Crippen LogP contribution in [0.4, 0.5) is 4.79 Å². The SMILES string of the molecule is O=C(O)c1cccc2ccc(CS(=O)(=O)C(=O)O)cc12. The van der Waals surface area contributed by atoms with Crippen molar-refractivity contribution in [1.29, 1.82) is 0 Å². The van der Waals surface area contributed by atoms with Crippen molar-refractivity contribution in [3.05, 3.63) is 47.5 Å². The molecule has 0 amide bonds. The molecular weight excluding hydrogens is 284 g/mol. The lowest BCUT2D eigenvalue weighted by atomic mass is 10.0. The van der Waals surface area contributed by atoms with Gasteiger partial charge in [0.05, 0.1) is 11.3 Å². The molecular formula is C13H10O6S. The maximum atomic E-state index is 11.3. The van der Waals surface area contributed by atoms with Gasteiger partial charge in [-0.25, -0.2) is 18.0 Å². The fourth-order valence-corrected chi connectivity index (χ4v) is 2.62. The number of hydrogen-bond donors (Lipinski definition) is 2. The van der Waals surface area contributed by atoms with Gasteiger partial charge in [-0.3, -0.25) is 0 Å². The van der Waals surface area contributed by atoms with Gasteiger partial charge in [-0.2, -0.15) is 0 Å². The van der Waals surface area contributed by atoms with Crippen molar-refractivity contribution in [2.45, 2.75) is 5.75 Å². The van der Waals surface area contributed by atoms with Gasteiger partial charge in [-0.1, -0.05) is 24.3 Å². The summed E-state index contributed by atoms with van der Waals surface area (Å²) < 4.78 is 22.7. The Kier molecular flexibility index (Phi) is 3.46. The fraction of sp³-hybridized carbons (Fsp3) is 0.0769. The van der Waals surface area contributed by atoms with Gasteiger partial charge in [-0.15, -0.1) is 0 Å². The molecule has 0 unspecified atom stereocenters. The lowest BCUT2D eigenvalue weighted by Gasteiger charge is -2.05. The quantitative estimate of drug-likeness (QED) is 0.897. The second-order valence-electron chi connectivity index (χ2n) is 4.19. The van der Waals surface area contributed by atoms with E-state index < -0.39 is 26.9 Å².